The van der Waals surface area contributed by atoms with E-state index < -0.39 is 0 Å². The fourth-order valence-electron chi connectivity index (χ4n) is 3.55. The first kappa shape index (κ1) is 19.4. The summed E-state index contributed by atoms with van der Waals surface area (Å²) in [4.78, 5) is 12.2. The van der Waals surface area contributed by atoms with Gasteiger partial charge in [-0.1, -0.05) is 67.8 Å². The minimum Gasteiger partial charge on any atom is -0.483 e. The molecule has 0 saturated heterocycles. The number of benzene rings is 2. The summed E-state index contributed by atoms with van der Waals surface area (Å²) in [5.41, 5.74) is 2.41. The molecule has 4 heteroatoms. The van der Waals surface area contributed by atoms with Gasteiger partial charge in [0.2, 0.25) is 0 Å². The Bertz CT molecular complexity index is 697. The third kappa shape index (κ3) is 6.72. The van der Waals surface area contributed by atoms with Gasteiger partial charge in [-0.2, -0.15) is 0 Å². The molecule has 0 radical (unpaired) electrons. The Morgan fingerprint density at radius 3 is 2.52 bits per heavy atom. The Hall–Kier alpha value is -2.33. The maximum absolute atomic E-state index is 12.2. The van der Waals surface area contributed by atoms with Crippen LogP contribution in [-0.2, 0) is 17.8 Å². The summed E-state index contributed by atoms with van der Waals surface area (Å²) < 4.78 is 5.80. The van der Waals surface area contributed by atoms with Crippen molar-refractivity contribution in [2.45, 2.75) is 51.1 Å². The molecule has 144 valence electrons. The zero-order valence-corrected chi connectivity index (χ0v) is 16.0. The average Bonchev–Trinajstić information content (AvgIpc) is 2.72. The van der Waals surface area contributed by atoms with Crippen LogP contribution in [0.2, 0.25) is 0 Å². The van der Waals surface area contributed by atoms with Gasteiger partial charge in [0.05, 0.1) is 0 Å². The molecule has 0 bridgehead atoms. The molecule has 1 aliphatic carbocycles. The zero-order valence-electron chi connectivity index (χ0n) is 16.0. The molecule has 0 atom stereocenters. The van der Waals surface area contributed by atoms with E-state index in [-0.39, 0.29) is 12.5 Å². The largest absolute Gasteiger partial charge is 0.483 e. The summed E-state index contributed by atoms with van der Waals surface area (Å²) in [6.45, 7) is 1.71. The highest BCUT2D eigenvalue weighted by molar-refractivity contribution is 5.77. The Morgan fingerprint density at radius 1 is 0.963 bits per heavy atom. The van der Waals surface area contributed by atoms with Crippen LogP contribution >= 0.6 is 0 Å². The fraction of sp³-hybridized carbons (Fsp3) is 0.435. The quantitative estimate of drug-likeness (QED) is 0.663. The SMILES string of the molecule is O=C(COc1ccccc1CNCCc1ccccc1)NC1CCCCC1. The molecule has 0 heterocycles. The van der Waals surface area contributed by atoms with Crippen LogP contribution in [0.5, 0.6) is 5.75 Å². The maximum atomic E-state index is 12.2. The van der Waals surface area contributed by atoms with Crippen molar-refractivity contribution in [3.8, 4) is 5.75 Å². The predicted molar refractivity (Wildman–Crippen MR) is 109 cm³/mol. The van der Waals surface area contributed by atoms with Gasteiger partial charge < -0.3 is 15.4 Å². The summed E-state index contributed by atoms with van der Waals surface area (Å²) in [5, 5.41) is 6.56. The molecule has 3 rings (SSSR count). The molecule has 2 N–H and O–H groups in total. The number of hydrogen-bond acceptors (Lipinski definition) is 3. The standard InChI is InChI=1S/C23H30N2O2/c26-23(25-21-12-5-2-6-13-21)18-27-22-14-8-7-11-20(22)17-24-16-15-19-9-3-1-4-10-19/h1,3-4,7-11,14,21,24H,2,5-6,12-13,15-18H2,(H,25,26). The molecule has 1 aliphatic rings. The van der Waals surface area contributed by atoms with E-state index in [2.05, 4.69) is 34.9 Å². The Labute approximate surface area is 162 Å². The van der Waals surface area contributed by atoms with Crippen LogP contribution in [0.1, 0.15) is 43.2 Å². The molecular weight excluding hydrogens is 336 g/mol. The van der Waals surface area contributed by atoms with Gasteiger partial charge in [0.1, 0.15) is 5.75 Å². The van der Waals surface area contributed by atoms with Gasteiger partial charge in [0.25, 0.3) is 5.91 Å². The van der Waals surface area contributed by atoms with E-state index in [1.165, 1.54) is 24.8 Å². The topological polar surface area (TPSA) is 50.4 Å². The molecule has 1 saturated carbocycles. The number of nitrogens with one attached hydrogen (secondary N) is 2. The van der Waals surface area contributed by atoms with E-state index >= 15 is 0 Å². The average molecular weight is 367 g/mol. The number of ether oxygens (including phenoxy) is 1. The summed E-state index contributed by atoms with van der Waals surface area (Å²) in [6.07, 6.45) is 6.88. The van der Waals surface area contributed by atoms with Crippen LogP contribution in [0.3, 0.4) is 0 Å². The molecule has 0 spiro atoms. The summed E-state index contributed by atoms with van der Waals surface area (Å²) in [6, 6.07) is 18.7. The highest BCUT2D eigenvalue weighted by Gasteiger charge is 2.16. The lowest BCUT2D eigenvalue weighted by Gasteiger charge is -2.22. The molecule has 0 aromatic heterocycles. The van der Waals surface area contributed by atoms with Crippen LogP contribution in [0.25, 0.3) is 0 Å². The molecule has 1 fully saturated rings. The molecular formula is C23H30N2O2. The van der Waals surface area contributed by atoms with Gasteiger partial charge >= 0.3 is 0 Å². The first-order chi connectivity index (χ1) is 13.3. The molecule has 0 aliphatic heterocycles. The second-order valence-corrected chi connectivity index (χ2v) is 7.21. The van der Waals surface area contributed by atoms with Crippen LogP contribution < -0.4 is 15.4 Å². The lowest BCUT2D eigenvalue weighted by atomic mass is 9.95. The van der Waals surface area contributed by atoms with Crippen LogP contribution in [-0.4, -0.2) is 25.1 Å². The van der Waals surface area contributed by atoms with Gasteiger partial charge in [-0.15, -0.1) is 0 Å². The van der Waals surface area contributed by atoms with Gasteiger partial charge in [-0.05, 0) is 37.4 Å². The van der Waals surface area contributed by atoms with Crippen molar-refractivity contribution >= 4 is 5.91 Å². The van der Waals surface area contributed by atoms with Crippen LogP contribution in [0, 0.1) is 0 Å². The predicted octanol–water partition coefficient (Wildman–Crippen LogP) is 3.85. The highest BCUT2D eigenvalue weighted by Crippen LogP contribution is 2.19. The number of carbonyl (C=O) groups excluding carboxylic acids is 1. The minimum atomic E-state index is -0.0197. The Morgan fingerprint density at radius 2 is 1.70 bits per heavy atom. The molecule has 4 nitrogen and oxygen atoms in total. The molecule has 2 aromatic carbocycles. The van der Waals surface area contributed by atoms with E-state index in [1.807, 2.05) is 30.3 Å². The van der Waals surface area contributed by atoms with Crippen molar-refractivity contribution in [2.75, 3.05) is 13.2 Å². The van der Waals surface area contributed by atoms with Crippen LogP contribution in [0.4, 0.5) is 0 Å². The van der Waals surface area contributed by atoms with E-state index in [0.717, 1.165) is 43.7 Å². The van der Waals surface area contributed by atoms with Gasteiger partial charge in [0.15, 0.2) is 6.61 Å². The van der Waals surface area contributed by atoms with Gasteiger partial charge in [-0.3, -0.25) is 4.79 Å². The highest BCUT2D eigenvalue weighted by atomic mass is 16.5. The van der Waals surface area contributed by atoms with Crippen molar-refractivity contribution in [1.82, 2.24) is 10.6 Å². The normalized spacial score (nSPS) is 14.7. The van der Waals surface area contributed by atoms with E-state index in [9.17, 15) is 4.79 Å². The lowest BCUT2D eigenvalue weighted by Crippen LogP contribution is -2.39. The third-order valence-electron chi connectivity index (χ3n) is 5.05. The van der Waals surface area contributed by atoms with Crippen molar-refractivity contribution < 1.29 is 9.53 Å². The van der Waals surface area contributed by atoms with E-state index in [1.54, 1.807) is 0 Å². The van der Waals surface area contributed by atoms with Crippen LogP contribution in [0.15, 0.2) is 54.6 Å². The Kier molecular flexibility index (Phi) is 7.72. The molecule has 27 heavy (non-hydrogen) atoms. The van der Waals surface area contributed by atoms with Gasteiger partial charge in [0, 0.05) is 18.2 Å². The number of hydrogen-bond donors (Lipinski definition) is 2. The molecule has 1 amide bonds. The van der Waals surface area contributed by atoms with Crippen molar-refractivity contribution in [3.05, 3.63) is 65.7 Å². The first-order valence-electron chi connectivity index (χ1n) is 10.1. The summed E-state index contributed by atoms with van der Waals surface area (Å²) in [5.74, 6) is 0.761. The maximum Gasteiger partial charge on any atom is 0.258 e. The monoisotopic (exact) mass is 366 g/mol. The van der Waals surface area contributed by atoms with Crippen molar-refractivity contribution in [1.29, 1.82) is 0 Å². The number of rotatable bonds is 9. The van der Waals surface area contributed by atoms with E-state index in [0.29, 0.717) is 6.04 Å². The number of para-hydroxylation sites is 1. The smallest absolute Gasteiger partial charge is 0.258 e. The third-order valence-corrected chi connectivity index (χ3v) is 5.05. The first-order valence-corrected chi connectivity index (χ1v) is 10.1. The fourth-order valence-corrected chi connectivity index (χ4v) is 3.55. The Balaban J connectivity index is 1.42. The number of amides is 1. The lowest BCUT2D eigenvalue weighted by molar-refractivity contribution is -0.124. The second-order valence-electron chi connectivity index (χ2n) is 7.21. The summed E-state index contributed by atoms with van der Waals surface area (Å²) >= 11 is 0. The van der Waals surface area contributed by atoms with Crippen molar-refractivity contribution in [3.63, 3.8) is 0 Å². The summed E-state index contributed by atoms with van der Waals surface area (Å²) in [7, 11) is 0. The zero-order chi connectivity index (χ0) is 18.7. The van der Waals surface area contributed by atoms with Gasteiger partial charge in [-0.25, -0.2) is 0 Å². The van der Waals surface area contributed by atoms with Crippen molar-refractivity contribution in [2.24, 2.45) is 0 Å². The minimum absolute atomic E-state index is 0.0197. The second kappa shape index (κ2) is 10.7. The molecule has 2 aromatic rings. The molecule has 0 unspecified atom stereocenters. The number of carbonyl (C=O) groups is 1. The van der Waals surface area contributed by atoms with E-state index in [4.69, 9.17) is 4.74 Å².